The molecule has 0 unspecified atom stereocenters. The van der Waals surface area contributed by atoms with Crippen LogP contribution in [0.1, 0.15) is 0 Å². The molecule has 0 aliphatic rings. The van der Waals surface area contributed by atoms with Crippen molar-refractivity contribution >= 4 is 7.69 Å². The minimum absolute atomic E-state index is 0. The first kappa shape index (κ1) is 15.8. The summed E-state index contributed by atoms with van der Waals surface area (Å²) in [6.07, 6.45) is 0. The van der Waals surface area contributed by atoms with E-state index in [9.17, 15) is 0 Å². The Morgan fingerprint density at radius 3 is 1.20 bits per heavy atom. The van der Waals surface area contributed by atoms with Gasteiger partial charge in [0.05, 0.1) is 0 Å². The molecule has 0 saturated heterocycles. The van der Waals surface area contributed by atoms with Crippen molar-refractivity contribution in [3.05, 3.63) is 0 Å². The fraction of sp³-hybridized carbons (Fsp3) is 0. The van der Waals surface area contributed by atoms with Crippen LogP contribution in [0.15, 0.2) is 0 Å². The molecule has 26 valence electrons. The van der Waals surface area contributed by atoms with Crippen LogP contribution < -0.4 is 63.8 Å². The average Bonchev–Trinajstić information content (AvgIpc) is 0.918. The molecule has 0 aromatic rings. The standard InChI is InChI=1S/BH3O2.ClH.K/c2-1-3;;/h1-3H;1H;/q;;+1/p-1. The maximum atomic E-state index is 7.12. The zero-order valence-corrected chi connectivity index (χ0v) is 6.86. The molecule has 0 aromatic carbocycles. The third-order valence-corrected chi connectivity index (χ3v) is 0. The van der Waals surface area contributed by atoms with Crippen LogP contribution in [-0.2, 0) is 0 Å². The van der Waals surface area contributed by atoms with Crippen LogP contribution in [0.5, 0.6) is 0 Å². The minimum Gasteiger partial charge on any atom is -1.00 e. The molecule has 0 bridgehead atoms. The summed E-state index contributed by atoms with van der Waals surface area (Å²) in [5.41, 5.74) is 0. The molecular weight excluding hydrogens is 117 g/mol. The van der Waals surface area contributed by atoms with Crippen molar-refractivity contribution in [1.82, 2.24) is 0 Å². The summed E-state index contributed by atoms with van der Waals surface area (Å²) >= 11 is 0. The zero-order valence-electron chi connectivity index (χ0n) is 2.98. The van der Waals surface area contributed by atoms with E-state index in [4.69, 9.17) is 10.0 Å². The van der Waals surface area contributed by atoms with Crippen molar-refractivity contribution in [2.45, 2.75) is 0 Å². The molecule has 0 amide bonds. The summed E-state index contributed by atoms with van der Waals surface area (Å²) in [6.45, 7) is 0. The van der Waals surface area contributed by atoms with Crippen molar-refractivity contribution in [3.8, 4) is 0 Å². The molecule has 0 aromatic heterocycles. The monoisotopic (exact) mass is 120 g/mol. The summed E-state index contributed by atoms with van der Waals surface area (Å²) in [4.78, 5) is 0. The molecule has 0 spiro atoms. The maximum absolute atomic E-state index is 7.12. The topological polar surface area (TPSA) is 40.5 Å². The Balaban J connectivity index is -0.0000000200. The number of rotatable bonds is 0. The van der Waals surface area contributed by atoms with Crippen LogP contribution >= 0.6 is 0 Å². The molecule has 5 heteroatoms. The van der Waals surface area contributed by atoms with E-state index in [1.807, 2.05) is 0 Å². The minimum atomic E-state index is -0.750. The smallest absolute Gasteiger partial charge is 1.00 e. The Morgan fingerprint density at radius 1 is 1.20 bits per heavy atom. The predicted octanol–water partition coefficient (Wildman–Crippen LogP) is -7.75. The first-order valence-electron chi connectivity index (χ1n) is 0.632. The van der Waals surface area contributed by atoms with Crippen molar-refractivity contribution in [1.29, 1.82) is 0 Å². The van der Waals surface area contributed by atoms with Crippen LogP contribution in [0.25, 0.3) is 0 Å². The summed E-state index contributed by atoms with van der Waals surface area (Å²) in [7, 11) is -0.750. The van der Waals surface area contributed by atoms with Gasteiger partial charge in [-0.05, 0) is 0 Å². The van der Waals surface area contributed by atoms with Gasteiger partial charge in [-0.3, -0.25) is 0 Å². The second-order valence-corrected chi connectivity index (χ2v) is 0.141. The molecule has 0 saturated carbocycles. The number of hydrogen-bond donors (Lipinski definition) is 2. The molecule has 5 heavy (non-hydrogen) atoms. The molecular formula is H3BClKO2. The van der Waals surface area contributed by atoms with Gasteiger partial charge in [-0.15, -0.1) is 0 Å². The Kier molecular flexibility index (Phi) is 53.1. The van der Waals surface area contributed by atoms with Crippen LogP contribution in [0.2, 0.25) is 0 Å². The summed E-state index contributed by atoms with van der Waals surface area (Å²) in [6, 6.07) is 0. The van der Waals surface area contributed by atoms with Gasteiger partial charge in [0, 0.05) is 0 Å². The molecule has 0 rings (SSSR count). The Morgan fingerprint density at radius 2 is 1.20 bits per heavy atom. The molecule has 0 radical (unpaired) electrons. The number of hydrogen-bond acceptors (Lipinski definition) is 2. The first-order chi connectivity index (χ1) is 1.41. The second kappa shape index (κ2) is 16.8. The molecule has 2 nitrogen and oxygen atoms in total. The van der Waals surface area contributed by atoms with Gasteiger partial charge in [-0.2, -0.15) is 0 Å². The van der Waals surface area contributed by atoms with Gasteiger partial charge in [0.2, 0.25) is 0 Å². The van der Waals surface area contributed by atoms with Crippen molar-refractivity contribution < 1.29 is 73.8 Å². The average molecular weight is 120 g/mol. The fourth-order valence-electron chi connectivity index (χ4n) is 0. The van der Waals surface area contributed by atoms with Crippen LogP contribution in [0, 0.1) is 0 Å². The van der Waals surface area contributed by atoms with Crippen LogP contribution in [0.3, 0.4) is 0 Å². The molecule has 0 fully saturated rings. The van der Waals surface area contributed by atoms with E-state index in [1.165, 1.54) is 0 Å². The van der Waals surface area contributed by atoms with E-state index < -0.39 is 7.69 Å². The number of halogens is 1. The quantitative estimate of drug-likeness (QED) is 0.312. The third kappa shape index (κ3) is 24.8. The second-order valence-electron chi connectivity index (χ2n) is 0.141. The Hall–Kier alpha value is 1.91. The Labute approximate surface area is 80.1 Å². The molecule has 0 aliphatic carbocycles. The van der Waals surface area contributed by atoms with Gasteiger partial charge in [0.25, 0.3) is 0 Å². The Bertz CT molecular complexity index is 9.61. The van der Waals surface area contributed by atoms with E-state index in [2.05, 4.69) is 0 Å². The van der Waals surface area contributed by atoms with Gasteiger partial charge in [-0.25, -0.2) is 0 Å². The van der Waals surface area contributed by atoms with E-state index in [0.717, 1.165) is 0 Å². The van der Waals surface area contributed by atoms with Gasteiger partial charge >= 0.3 is 59.1 Å². The van der Waals surface area contributed by atoms with Crippen molar-refractivity contribution in [3.63, 3.8) is 0 Å². The molecule has 2 N–H and O–H groups in total. The van der Waals surface area contributed by atoms with E-state index >= 15 is 0 Å². The predicted molar refractivity (Wildman–Crippen MR) is 11.6 cm³/mol. The van der Waals surface area contributed by atoms with Crippen LogP contribution in [0.4, 0.5) is 0 Å². The first-order valence-corrected chi connectivity index (χ1v) is 0.632. The molecule has 0 heterocycles. The third-order valence-electron chi connectivity index (χ3n) is 0. The van der Waals surface area contributed by atoms with E-state index in [0.29, 0.717) is 0 Å². The fourth-order valence-corrected chi connectivity index (χ4v) is 0. The summed E-state index contributed by atoms with van der Waals surface area (Å²) in [5.74, 6) is 0. The van der Waals surface area contributed by atoms with Crippen molar-refractivity contribution in [2.75, 3.05) is 0 Å². The van der Waals surface area contributed by atoms with Crippen molar-refractivity contribution in [2.24, 2.45) is 0 Å². The zero-order chi connectivity index (χ0) is 2.71. The van der Waals surface area contributed by atoms with Gasteiger partial charge < -0.3 is 22.5 Å². The molecule has 0 atom stereocenters. The van der Waals surface area contributed by atoms with Gasteiger partial charge in [-0.1, -0.05) is 0 Å². The van der Waals surface area contributed by atoms with Gasteiger partial charge in [0.1, 0.15) is 0 Å². The molecule has 0 aliphatic heterocycles. The SMILES string of the molecule is OBO.[Cl-].[K+]. The van der Waals surface area contributed by atoms with Gasteiger partial charge in [0.15, 0.2) is 0 Å². The maximum Gasteiger partial charge on any atom is 1.00 e. The van der Waals surface area contributed by atoms with E-state index in [1.54, 1.807) is 0 Å². The van der Waals surface area contributed by atoms with Crippen LogP contribution in [-0.4, -0.2) is 17.7 Å². The largest absolute Gasteiger partial charge is 1.00 e. The summed E-state index contributed by atoms with van der Waals surface area (Å²) in [5, 5.41) is 14.2. The summed E-state index contributed by atoms with van der Waals surface area (Å²) < 4.78 is 0. The normalized spacial score (nSPS) is 2.80. The van der Waals surface area contributed by atoms with E-state index in [-0.39, 0.29) is 63.8 Å².